The largest absolute Gasteiger partial charge is 0.381 e. The first-order valence-corrected chi connectivity index (χ1v) is 3.57. The molecule has 0 spiro atoms. The van der Waals surface area contributed by atoms with Gasteiger partial charge in [-0.15, -0.1) is 6.42 Å². The van der Waals surface area contributed by atoms with Crippen LogP contribution in [0.3, 0.4) is 0 Å². The van der Waals surface area contributed by atoms with Crippen molar-refractivity contribution in [1.29, 1.82) is 0 Å². The van der Waals surface area contributed by atoms with Gasteiger partial charge in [-0.25, -0.2) is 9.37 Å². The molecule has 0 bridgehead atoms. The van der Waals surface area contributed by atoms with Crippen molar-refractivity contribution in [2.24, 2.45) is 0 Å². The van der Waals surface area contributed by atoms with Gasteiger partial charge < -0.3 is 10.6 Å². The van der Waals surface area contributed by atoms with Gasteiger partial charge in [0.15, 0.2) is 11.6 Å². The van der Waals surface area contributed by atoms with Crippen molar-refractivity contribution in [2.45, 2.75) is 0 Å². The van der Waals surface area contributed by atoms with Crippen LogP contribution in [-0.2, 0) is 0 Å². The van der Waals surface area contributed by atoms with Crippen LogP contribution in [0.2, 0.25) is 0 Å². The molecule has 0 saturated carbocycles. The van der Waals surface area contributed by atoms with Crippen LogP contribution in [0.1, 0.15) is 0 Å². The second-order valence-electron chi connectivity index (χ2n) is 2.46. The quantitative estimate of drug-likeness (QED) is 0.663. The highest BCUT2D eigenvalue weighted by Crippen LogP contribution is 2.09. The summed E-state index contributed by atoms with van der Waals surface area (Å²) in [5.74, 6) is 1.93. The summed E-state index contributed by atoms with van der Waals surface area (Å²) in [7, 11) is 1.70. The second-order valence-corrected chi connectivity index (χ2v) is 2.46. The molecule has 0 aliphatic carbocycles. The summed E-state index contributed by atoms with van der Waals surface area (Å²) in [4.78, 5) is 9.03. The Labute approximate surface area is 75.6 Å². The van der Waals surface area contributed by atoms with E-state index in [1.54, 1.807) is 11.9 Å². The molecule has 0 aliphatic heterocycles. The molecule has 68 valence electrons. The number of aromatic nitrogens is 2. The minimum Gasteiger partial charge on any atom is -0.381 e. The Morgan fingerprint density at radius 2 is 2.46 bits per heavy atom. The number of nitrogens with two attached hydrogens (primary N) is 1. The van der Waals surface area contributed by atoms with Crippen molar-refractivity contribution >= 4 is 11.8 Å². The van der Waals surface area contributed by atoms with Gasteiger partial charge in [0.25, 0.3) is 0 Å². The average Bonchev–Trinajstić information content (AvgIpc) is 2.10. The lowest BCUT2D eigenvalue weighted by Crippen LogP contribution is -2.20. The van der Waals surface area contributed by atoms with Gasteiger partial charge in [0.1, 0.15) is 0 Å². The molecule has 1 rings (SSSR count). The Bertz CT molecular complexity index is 344. The number of halogens is 1. The maximum absolute atomic E-state index is 12.6. The topological polar surface area (TPSA) is 55.0 Å². The van der Waals surface area contributed by atoms with Crippen LogP contribution in [0, 0.1) is 18.2 Å². The zero-order valence-electron chi connectivity index (χ0n) is 7.16. The number of terminal acetylenes is 1. The summed E-state index contributed by atoms with van der Waals surface area (Å²) in [6, 6.07) is 0. The van der Waals surface area contributed by atoms with Crippen molar-refractivity contribution in [1.82, 2.24) is 9.97 Å². The van der Waals surface area contributed by atoms with Crippen LogP contribution in [0.4, 0.5) is 16.2 Å². The Balaban J connectivity index is 2.91. The molecule has 0 aromatic carbocycles. The summed E-state index contributed by atoms with van der Waals surface area (Å²) in [6.07, 6.45) is 6.10. The summed E-state index contributed by atoms with van der Waals surface area (Å²) in [5, 5.41) is 0. The van der Waals surface area contributed by atoms with Gasteiger partial charge in [-0.05, 0) is 0 Å². The van der Waals surface area contributed by atoms with E-state index in [1.807, 2.05) is 0 Å². The molecule has 0 unspecified atom stereocenters. The molecule has 0 atom stereocenters. The van der Waals surface area contributed by atoms with Gasteiger partial charge in [-0.2, -0.15) is 4.98 Å². The molecule has 5 heteroatoms. The fourth-order valence-electron chi connectivity index (χ4n) is 0.762. The third-order valence-corrected chi connectivity index (χ3v) is 1.43. The minimum atomic E-state index is -0.627. The number of hydrogen-bond acceptors (Lipinski definition) is 4. The predicted molar refractivity (Wildman–Crippen MR) is 48.5 cm³/mol. The number of anilines is 2. The van der Waals surface area contributed by atoms with Crippen LogP contribution in [0.25, 0.3) is 0 Å². The standard InChI is InChI=1S/C8H9FN4/c1-3-4-13(2)8-11-5-6(9)7(10)12-8/h1,5H,4H2,2H3,(H2,10,11,12). The zero-order valence-corrected chi connectivity index (χ0v) is 7.16. The highest BCUT2D eigenvalue weighted by molar-refractivity contribution is 5.39. The van der Waals surface area contributed by atoms with Crippen molar-refractivity contribution < 1.29 is 4.39 Å². The Morgan fingerprint density at radius 3 is 3.00 bits per heavy atom. The predicted octanol–water partition coefficient (Wildman–Crippen LogP) is 0.267. The van der Waals surface area contributed by atoms with E-state index in [2.05, 4.69) is 15.9 Å². The number of hydrogen-bond donors (Lipinski definition) is 1. The lowest BCUT2D eigenvalue weighted by atomic mass is 10.5. The summed E-state index contributed by atoms with van der Waals surface area (Å²) < 4.78 is 12.6. The Morgan fingerprint density at radius 1 is 1.77 bits per heavy atom. The van der Waals surface area contributed by atoms with Gasteiger partial charge in [-0.3, -0.25) is 0 Å². The highest BCUT2D eigenvalue weighted by atomic mass is 19.1. The zero-order chi connectivity index (χ0) is 9.84. The number of nitrogens with zero attached hydrogens (tertiary/aromatic N) is 3. The fraction of sp³-hybridized carbons (Fsp3) is 0.250. The summed E-state index contributed by atoms with van der Waals surface area (Å²) in [5.41, 5.74) is 5.25. The van der Waals surface area contributed by atoms with Gasteiger partial charge in [0.05, 0.1) is 12.7 Å². The van der Waals surface area contributed by atoms with Crippen LogP contribution in [-0.4, -0.2) is 23.6 Å². The molecule has 0 saturated heterocycles. The van der Waals surface area contributed by atoms with Gasteiger partial charge in [0, 0.05) is 7.05 Å². The first-order valence-electron chi connectivity index (χ1n) is 3.57. The maximum Gasteiger partial charge on any atom is 0.227 e. The van der Waals surface area contributed by atoms with Crippen molar-refractivity contribution in [3.05, 3.63) is 12.0 Å². The molecule has 1 aromatic rings. The Hall–Kier alpha value is -1.83. The van der Waals surface area contributed by atoms with Crippen LogP contribution < -0.4 is 10.6 Å². The lowest BCUT2D eigenvalue weighted by Gasteiger charge is -2.13. The van der Waals surface area contributed by atoms with E-state index in [9.17, 15) is 4.39 Å². The van der Waals surface area contributed by atoms with E-state index >= 15 is 0 Å². The molecule has 0 radical (unpaired) electrons. The summed E-state index contributed by atoms with van der Waals surface area (Å²) in [6.45, 7) is 0.352. The molecule has 0 fully saturated rings. The second kappa shape index (κ2) is 3.72. The average molecular weight is 180 g/mol. The highest BCUT2D eigenvalue weighted by Gasteiger charge is 2.05. The van der Waals surface area contributed by atoms with Crippen molar-refractivity contribution in [3.63, 3.8) is 0 Å². The van der Waals surface area contributed by atoms with Crippen LogP contribution >= 0.6 is 0 Å². The molecule has 0 aliphatic rings. The normalized spacial score (nSPS) is 9.31. The number of nitrogen functional groups attached to an aromatic ring is 1. The third kappa shape index (κ3) is 2.06. The number of rotatable bonds is 2. The van der Waals surface area contributed by atoms with E-state index in [0.29, 0.717) is 12.5 Å². The molecule has 1 aromatic heterocycles. The van der Waals surface area contributed by atoms with E-state index in [4.69, 9.17) is 12.2 Å². The molecule has 13 heavy (non-hydrogen) atoms. The van der Waals surface area contributed by atoms with E-state index < -0.39 is 5.82 Å². The van der Waals surface area contributed by atoms with Crippen LogP contribution in [0.15, 0.2) is 6.20 Å². The molecule has 1 heterocycles. The lowest BCUT2D eigenvalue weighted by molar-refractivity contribution is 0.619. The van der Waals surface area contributed by atoms with Crippen molar-refractivity contribution in [2.75, 3.05) is 24.2 Å². The first kappa shape index (κ1) is 9.26. The molecular formula is C8H9FN4. The van der Waals surface area contributed by atoms with Gasteiger partial charge in [-0.1, -0.05) is 5.92 Å². The molecule has 4 nitrogen and oxygen atoms in total. The van der Waals surface area contributed by atoms with E-state index in [-0.39, 0.29) is 5.82 Å². The summed E-state index contributed by atoms with van der Waals surface area (Å²) >= 11 is 0. The Kier molecular flexibility index (Phi) is 2.65. The minimum absolute atomic E-state index is 0.172. The molecule has 2 N–H and O–H groups in total. The monoisotopic (exact) mass is 180 g/mol. The first-order chi connectivity index (χ1) is 6.15. The van der Waals surface area contributed by atoms with Crippen LogP contribution in [0.5, 0.6) is 0 Å². The third-order valence-electron chi connectivity index (χ3n) is 1.43. The maximum atomic E-state index is 12.6. The van der Waals surface area contributed by atoms with E-state index in [0.717, 1.165) is 6.20 Å². The van der Waals surface area contributed by atoms with Crippen molar-refractivity contribution in [3.8, 4) is 12.3 Å². The molecular weight excluding hydrogens is 171 g/mol. The SMILES string of the molecule is C#CCN(C)c1ncc(F)c(N)n1. The molecule has 0 amide bonds. The fourth-order valence-corrected chi connectivity index (χ4v) is 0.762. The van der Waals surface area contributed by atoms with E-state index in [1.165, 1.54) is 0 Å². The van der Waals surface area contributed by atoms with Gasteiger partial charge >= 0.3 is 0 Å². The smallest absolute Gasteiger partial charge is 0.227 e. The van der Waals surface area contributed by atoms with Gasteiger partial charge in [0.2, 0.25) is 5.95 Å².